The molecule has 0 heterocycles. The minimum atomic E-state index is -0.400. The van der Waals surface area contributed by atoms with E-state index >= 15 is 0 Å². The lowest BCUT2D eigenvalue weighted by molar-refractivity contribution is -0.128. The third-order valence-electron chi connectivity index (χ3n) is 2.89. The van der Waals surface area contributed by atoms with Gasteiger partial charge in [-0.15, -0.1) is 0 Å². The predicted octanol–water partition coefficient (Wildman–Crippen LogP) is 1.90. The van der Waals surface area contributed by atoms with Crippen molar-refractivity contribution in [2.24, 2.45) is 5.92 Å². The van der Waals surface area contributed by atoms with E-state index in [1.54, 1.807) is 24.3 Å². The molecule has 0 atom stereocenters. The Morgan fingerprint density at radius 1 is 1.18 bits per heavy atom. The van der Waals surface area contributed by atoms with Crippen molar-refractivity contribution in [2.75, 3.05) is 0 Å². The maximum atomic E-state index is 11.7. The van der Waals surface area contributed by atoms with E-state index in [2.05, 4.69) is 10.9 Å². The molecule has 0 bridgehead atoms. The zero-order valence-electron chi connectivity index (χ0n) is 9.20. The molecule has 0 unspecified atom stereocenters. The first-order valence-corrected chi connectivity index (χ1v) is 5.91. The number of carbonyl (C=O) groups is 2. The second kappa shape index (κ2) is 5.19. The standard InChI is InChI=1S/C12H13ClN2O2/c13-10-7-2-1-6-9(10)12(17)15-14-11(16)8-4-3-5-8/h1-2,6-8H,3-5H2,(H,14,16)(H,15,17). The number of nitrogens with one attached hydrogen (secondary N) is 2. The number of halogens is 1. The maximum absolute atomic E-state index is 11.7. The van der Waals surface area contributed by atoms with Crippen LogP contribution in [0.15, 0.2) is 24.3 Å². The van der Waals surface area contributed by atoms with E-state index in [1.807, 2.05) is 0 Å². The minimum absolute atomic E-state index is 0.0431. The molecule has 0 spiro atoms. The first-order chi connectivity index (χ1) is 8.18. The van der Waals surface area contributed by atoms with Gasteiger partial charge in [0.25, 0.3) is 5.91 Å². The van der Waals surface area contributed by atoms with Gasteiger partial charge in [0.2, 0.25) is 5.91 Å². The Labute approximate surface area is 104 Å². The van der Waals surface area contributed by atoms with Crippen LogP contribution < -0.4 is 10.9 Å². The number of hydrogen-bond acceptors (Lipinski definition) is 2. The fourth-order valence-corrected chi connectivity index (χ4v) is 1.83. The minimum Gasteiger partial charge on any atom is -0.273 e. The van der Waals surface area contributed by atoms with E-state index in [-0.39, 0.29) is 11.8 Å². The summed E-state index contributed by atoms with van der Waals surface area (Å²) in [6.07, 6.45) is 2.87. The highest BCUT2D eigenvalue weighted by Gasteiger charge is 2.25. The van der Waals surface area contributed by atoms with Crippen LogP contribution in [-0.2, 0) is 4.79 Å². The van der Waals surface area contributed by atoms with E-state index in [0.717, 1.165) is 19.3 Å². The Bertz CT molecular complexity index is 444. The first kappa shape index (κ1) is 11.9. The van der Waals surface area contributed by atoms with Crippen LogP contribution in [0.2, 0.25) is 5.02 Å². The molecule has 0 aromatic heterocycles. The van der Waals surface area contributed by atoms with E-state index < -0.39 is 5.91 Å². The summed E-state index contributed by atoms with van der Waals surface area (Å²) in [6.45, 7) is 0. The van der Waals surface area contributed by atoms with Gasteiger partial charge >= 0.3 is 0 Å². The van der Waals surface area contributed by atoms with E-state index in [1.165, 1.54) is 0 Å². The first-order valence-electron chi connectivity index (χ1n) is 5.53. The highest BCUT2D eigenvalue weighted by Crippen LogP contribution is 2.25. The molecule has 17 heavy (non-hydrogen) atoms. The Morgan fingerprint density at radius 3 is 2.47 bits per heavy atom. The molecule has 0 saturated heterocycles. The normalized spacial score (nSPS) is 14.9. The highest BCUT2D eigenvalue weighted by molar-refractivity contribution is 6.33. The third-order valence-corrected chi connectivity index (χ3v) is 3.22. The molecule has 2 N–H and O–H groups in total. The van der Waals surface area contributed by atoms with Gasteiger partial charge in [0.05, 0.1) is 10.6 Å². The quantitative estimate of drug-likeness (QED) is 0.790. The van der Waals surface area contributed by atoms with Gasteiger partial charge in [-0.05, 0) is 25.0 Å². The van der Waals surface area contributed by atoms with Crippen LogP contribution in [0.5, 0.6) is 0 Å². The van der Waals surface area contributed by atoms with Gasteiger partial charge < -0.3 is 0 Å². The van der Waals surface area contributed by atoms with Gasteiger partial charge in [0.15, 0.2) is 0 Å². The van der Waals surface area contributed by atoms with E-state index in [0.29, 0.717) is 10.6 Å². The van der Waals surface area contributed by atoms with Crippen molar-refractivity contribution in [3.63, 3.8) is 0 Å². The van der Waals surface area contributed by atoms with Gasteiger partial charge in [0.1, 0.15) is 0 Å². The molecule has 0 aliphatic heterocycles. The summed E-state index contributed by atoms with van der Waals surface area (Å²) in [5.41, 5.74) is 5.13. The maximum Gasteiger partial charge on any atom is 0.271 e. The van der Waals surface area contributed by atoms with Gasteiger partial charge in [-0.2, -0.15) is 0 Å². The topological polar surface area (TPSA) is 58.2 Å². The van der Waals surface area contributed by atoms with Crippen molar-refractivity contribution in [3.8, 4) is 0 Å². The second-order valence-electron chi connectivity index (χ2n) is 4.05. The van der Waals surface area contributed by atoms with Crippen LogP contribution >= 0.6 is 11.6 Å². The molecular formula is C12H13ClN2O2. The SMILES string of the molecule is O=C(NNC(=O)C1CCC1)c1ccccc1Cl. The molecule has 0 radical (unpaired) electrons. The molecule has 1 aliphatic carbocycles. The number of hydrogen-bond donors (Lipinski definition) is 2. The number of benzene rings is 1. The summed E-state index contributed by atoms with van der Waals surface area (Å²) in [7, 11) is 0. The number of hydrazine groups is 1. The molecule has 4 nitrogen and oxygen atoms in total. The van der Waals surface area contributed by atoms with E-state index in [9.17, 15) is 9.59 Å². The predicted molar refractivity (Wildman–Crippen MR) is 64.4 cm³/mol. The monoisotopic (exact) mass is 252 g/mol. The largest absolute Gasteiger partial charge is 0.273 e. The summed E-state index contributed by atoms with van der Waals surface area (Å²) in [6, 6.07) is 6.69. The van der Waals surface area contributed by atoms with Crippen molar-refractivity contribution >= 4 is 23.4 Å². The molecule has 1 aromatic carbocycles. The molecule has 1 fully saturated rings. The van der Waals surface area contributed by atoms with Crippen molar-refractivity contribution in [1.82, 2.24) is 10.9 Å². The third kappa shape index (κ3) is 2.77. The van der Waals surface area contributed by atoms with E-state index in [4.69, 9.17) is 11.6 Å². The van der Waals surface area contributed by atoms with Crippen molar-refractivity contribution in [1.29, 1.82) is 0 Å². The summed E-state index contributed by atoms with van der Waals surface area (Å²) in [5, 5.41) is 0.364. The molecule has 5 heteroatoms. The average molecular weight is 253 g/mol. The Kier molecular flexibility index (Phi) is 3.64. The molecule has 1 saturated carbocycles. The Morgan fingerprint density at radius 2 is 1.88 bits per heavy atom. The zero-order chi connectivity index (χ0) is 12.3. The van der Waals surface area contributed by atoms with Gasteiger partial charge in [-0.3, -0.25) is 20.4 Å². The van der Waals surface area contributed by atoms with Crippen LogP contribution in [0.4, 0.5) is 0 Å². The molecule has 1 aromatic rings. The lowest BCUT2D eigenvalue weighted by atomic mass is 9.85. The van der Waals surface area contributed by atoms with Crippen LogP contribution in [0.1, 0.15) is 29.6 Å². The molecular weight excluding hydrogens is 240 g/mol. The van der Waals surface area contributed by atoms with Crippen LogP contribution in [-0.4, -0.2) is 11.8 Å². The highest BCUT2D eigenvalue weighted by atomic mass is 35.5. The summed E-state index contributed by atoms with van der Waals surface area (Å²) >= 11 is 5.86. The second-order valence-corrected chi connectivity index (χ2v) is 4.46. The van der Waals surface area contributed by atoms with Crippen molar-refractivity contribution < 1.29 is 9.59 Å². The lowest BCUT2D eigenvalue weighted by Crippen LogP contribution is -2.46. The summed E-state index contributed by atoms with van der Waals surface area (Å²) in [5.74, 6) is -0.485. The number of carbonyl (C=O) groups excluding carboxylic acids is 2. The van der Waals surface area contributed by atoms with Crippen LogP contribution in [0.25, 0.3) is 0 Å². The zero-order valence-corrected chi connectivity index (χ0v) is 9.96. The van der Waals surface area contributed by atoms with Crippen molar-refractivity contribution in [3.05, 3.63) is 34.9 Å². The van der Waals surface area contributed by atoms with Crippen molar-refractivity contribution in [2.45, 2.75) is 19.3 Å². The summed E-state index contributed by atoms with van der Waals surface area (Å²) in [4.78, 5) is 23.2. The molecule has 1 aliphatic rings. The smallest absolute Gasteiger partial charge is 0.271 e. The molecule has 2 amide bonds. The fourth-order valence-electron chi connectivity index (χ4n) is 1.60. The lowest BCUT2D eigenvalue weighted by Gasteiger charge is -2.24. The molecule has 2 rings (SSSR count). The summed E-state index contributed by atoms with van der Waals surface area (Å²) < 4.78 is 0. The Balaban J connectivity index is 1.89. The fraction of sp³-hybridized carbons (Fsp3) is 0.333. The molecule has 90 valence electrons. The number of amides is 2. The van der Waals surface area contributed by atoms with Crippen LogP contribution in [0, 0.1) is 5.92 Å². The number of rotatable bonds is 2. The average Bonchev–Trinajstić information content (AvgIpc) is 2.24. The van der Waals surface area contributed by atoms with Crippen LogP contribution in [0.3, 0.4) is 0 Å². The van der Waals surface area contributed by atoms with Gasteiger partial charge in [-0.1, -0.05) is 30.2 Å². The van der Waals surface area contributed by atoms with Gasteiger partial charge in [-0.25, -0.2) is 0 Å². The van der Waals surface area contributed by atoms with Gasteiger partial charge in [0, 0.05) is 5.92 Å². The Hall–Kier alpha value is -1.55.